The summed E-state index contributed by atoms with van der Waals surface area (Å²) in [7, 11) is 0. The van der Waals surface area contributed by atoms with E-state index in [9.17, 15) is 9.90 Å². The van der Waals surface area contributed by atoms with Crippen molar-refractivity contribution in [2.45, 2.75) is 31.8 Å². The van der Waals surface area contributed by atoms with Gasteiger partial charge >= 0.3 is 5.97 Å². The largest absolute Gasteiger partial charge is 0.465 e. The molecule has 1 aliphatic heterocycles. The topological polar surface area (TPSA) is 58.6 Å². The van der Waals surface area contributed by atoms with Gasteiger partial charge in [-0.15, -0.1) is 6.58 Å². The number of halogens is 1. The van der Waals surface area contributed by atoms with E-state index in [1.807, 2.05) is 24.3 Å². The summed E-state index contributed by atoms with van der Waals surface area (Å²) >= 11 is 3.42. The second-order valence-corrected chi connectivity index (χ2v) is 6.97. The molecule has 1 heterocycles. The van der Waals surface area contributed by atoms with E-state index in [0.717, 1.165) is 10.0 Å². The highest BCUT2D eigenvalue weighted by Crippen LogP contribution is 2.43. The van der Waals surface area contributed by atoms with E-state index >= 15 is 0 Å². The molecular weight excluding hydrogens is 358 g/mol. The average Bonchev–Trinajstić information content (AvgIpc) is 2.52. The molecule has 126 valence electrons. The Morgan fingerprint density at radius 1 is 1.48 bits per heavy atom. The van der Waals surface area contributed by atoms with Crippen LogP contribution in [0, 0.1) is 5.41 Å². The highest BCUT2D eigenvalue weighted by molar-refractivity contribution is 9.10. The molecule has 0 radical (unpaired) electrons. The molecule has 0 spiro atoms. The minimum Gasteiger partial charge on any atom is -0.465 e. The predicted octanol–water partition coefficient (Wildman–Crippen LogP) is 2.84. The molecule has 0 amide bonds. The van der Waals surface area contributed by atoms with Crippen LogP contribution in [0.2, 0.25) is 0 Å². The van der Waals surface area contributed by atoms with Gasteiger partial charge in [0.25, 0.3) is 0 Å². The molecule has 5 heteroatoms. The summed E-state index contributed by atoms with van der Waals surface area (Å²) in [5.74, 6) is -0.348. The monoisotopic (exact) mass is 381 g/mol. The van der Waals surface area contributed by atoms with Crippen LogP contribution in [0.3, 0.4) is 0 Å². The van der Waals surface area contributed by atoms with Crippen molar-refractivity contribution in [3.63, 3.8) is 0 Å². The Bertz CT molecular complexity index is 560. The Morgan fingerprint density at radius 3 is 2.78 bits per heavy atom. The van der Waals surface area contributed by atoms with Crippen LogP contribution in [0.5, 0.6) is 0 Å². The second-order valence-electron chi connectivity index (χ2n) is 6.06. The molecule has 1 aromatic rings. The van der Waals surface area contributed by atoms with Crippen molar-refractivity contribution in [3.8, 4) is 0 Å². The zero-order valence-corrected chi connectivity index (χ0v) is 15.1. The summed E-state index contributed by atoms with van der Waals surface area (Å²) in [4.78, 5) is 12.8. The van der Waals surface area contributed by atoms with Gasteiger partial charge in [-0.2, -0.15) is 0 Å². The van der Waals surface area contributed by atoms with Crippen LogP contribution in [-0.4, -0.2) is 36.4 Å². The van der Waals surface area contributed by atoms with Gasteiger partial charge in [0, 0.05) is 11.0 Å². The molecule has 0 bridgehead atoms. The van der Waals surface area contributed by atoms with E-state index < -0.39 is 11.0 Å². The zero-order valence-electron chi connectivity index (χ0n) is 13.5. The van der Waals surface area contributed by atoms with Crippen LogP contribution in [0.25, 0.3) is 0 Å². The lowest BCUT2D eigenvalue weighted by molar-refractivity contribution is -0.180. The maximum Gasteiger partial charge on any atom is 0.316 e. The van der Waals surface area contributed by atoms with E-state index in [1.54, 1.807) is 13.0 Å². The number of nitrogens with one attached hydrogen (secondary N) is 1. The molecule has 2 rings (SSSR count). The van der Waals surface area contributed by atoms with E-state index in [-0.39, 0.29) is 5.97 Å². The maximum atomic E-state index is 12.8. The summed E-state index contributed by atoms with van der Waals surface area (Å²) in [5.41, 5.74) is -1.17. The molecule has 1 aliphatic rings. The molecule has 0 aromatic heterocycles. The SMILES string of the molecule is C=CC[C@@]1(O)CCNC[C@@]1(Cc1ccc(Br)cc1)C(=O)OCC. The minimum absolute atomic E-state index is 0.297. The summed E-state index contributed by atoms with van der Waals surface area (Å²) in [6.07, 6.45) is 2.97. The molecule has 2 N–H and O–H groups in total. The first-order valence-electron chi connectivity index (χ1n) is 7.93. The Hall–Kier alpha value is -1.17. The molecule has 4 nitrogen and oxygen atoms in total. The third kappa shape index (κ3) is 3.67. The lowest BCUT2D eigenvalue weighted by atomic mass is 9.63. The van der Waals surface area contributed by atoms with E-state index in [1.165, 1.54) is 0 Å². The highest BCUT2D eigenvalue weighted by atomic mass is 79.9. The smallest absolute Gasteiger partial charge is 0.316 e. The molecular formula is C18H24BrNO3. The predicted molar refractivity (Wildman–Crippen MR) is 94.2 cm³/mol. The lowest BCUT2D eigenvalue weighted by Crippen LogP contribution is -2.64. The van der Waals surface area contributed by atoms with Crippen molar-refractivity contribution in [2.75, 3.05) is 19.7 Å². The number of aliphatic hydroxyl groups is 1. The quantitative estimate of drug-likeness (QED) is 0.587. The Morgan fingerprint density at radius 2 is 2.17 bits per heavy atom. The minimum atomic E-state index is -1.15. The Labute approximate surface area is 146 Å². The third-order valence-corrected chi connectivity index (χ3v) is 5.13. The van der Waals surface area contributed by atoms with Gasteiger partial charge in [-0.25, -0.2) is 0 Å². The standard InChI is InChI=1S/C18H24BrNO3/c1-3-9-18(22)10-11-20-13-17(18,16(21)23-4-2)12-14-5-7-15(19)8-6-14/h3,5-8,20,22H,1,4,9-13H2,2H3/t17-,18+/m0/s1. The summed E-state index contributed by atoms with van der Waals surface area (Å²) in [6.45, 7) is 6.90. The third-order valence-electron chi connectivity index (χ3n) is 4.60. The van der Waals surface area contributed by atoms with E-state index in [2.05, 4.69) is 27.8 Å². The number of ether oxygens (including phenoxy) is 1. The van der Waals surface area contributed by atoms with Gasteiger partial charge < -0.3 is 15.2 Å². The Kier molecular flexibility index (Phi) is 6.00. The maximum absolute atomic E-state index is 12.8. The van der Waals surface area contributed by atoms with Crippen LogP contribution in [0.15, 0.2) is 41.4 Å². The van der Waals surface area contributed by atoms with Crippen LogP contribution < -0.4 is 5.32 Å². The fourth-order valence-corrected chi connectivity index (χ4v) is 3.58. The van der Waals surface area contributed by atoms with Gasteiger partial charge in [-0.1, -0.05) is 34.1 Å². The molecule has 1 saturated heterocycles. The van der Waals surface area contributed by atoms with Crippen LogP contribution in [-0.2, 0) is 16.0 Å². The first kappa shape index (κ1) is 18.2. The van der Waals surface area contributed by atoms with Crippen molar-refractivity contribution in [1.82, 2.24) is 5.32 Å². The van der Waals surface area contributed by atoms with Crippen molar-refractivity contribution in [2.24, 2.45) is 5.41 Å². The summed E-state index contributed by atoms with van der Waals surface area (Å²) in [6, 6.07) is 7.82. The number of piperidine rings is 1. The van der Waals surface area contributed by atoms with Gasteiger partial charge in [-0.3, -0.25) is 4.79 Å². The molecule has 23 heavy (non-hydrogen) atoms. The molecule has 2 atom stereocenters. The van der Waals surface area contributed by atoms with Crippen molar-refractivity contribution >= 4 is 21.9 Å². The number of rotatable bonds is 6. The average molecular weight is 382 g/mol. The molecule has 0 unspecified atom stereocenters. The summed E-state index contributed by atoms with van der Waals surface area (Å²) in [5, 5.41) is 14.5. The van der Waals surface area contributed by atoms with Gasteiger partial charge in [0.1, 0.15) is 5.41 Å². The zero-order chi connectivity index (χ0) is 16.9. The normalized spacial score (nSPS) is 27.4. The first-order chi connectivity index (χ1) is 11.0. The van der Waals surface area contributed by atoms with Gasteiger partial charge in [0.2, 0.25) is 0 Å². The lowest BCUT2D eigenvalue weighted by Gasteiger charge is -2.48. The highest BCUT2D eigenvalue weighted by Gasteiger charge is 2.57. The fraction of sp³-hybridized carbons (Fsp3) is 0.500. The van der Waals surface area contributed by atoms with Crippen LogP contribution in [0.4, 0.5) is 0 Å². The Balaban J connectivity index is 2.43. The van der Waals surface area contributed by atoms with Gasteiger partial charge in [0.15, 0.2) is 0 Å². The van der Waals surface area contributed by atoms with Gasteiger partial charge in [0.05, 0.1) is 12.2 Å². The van der Waals surface area contributed by atoms with Crippen molar-refractivity contribution in [1.29, 1.82) is 0 Å². The van der Waals surface area contributed by atoms with Crippen LogP contribution >= 0.6 is 15.9 Å². The van der Waals surface area contributed by atoms with Crippen molar-refractivity contribution in [3.05, 3.63) is 47.0 Å². The fourth-order valence-electron chi connectivity index (χ4n) is 3.32. The number of carbonyl (C=O) groups is 1. The second kappa shape index (κ2) is 7.60. The summed E-state index contributed by atoms with van der Waals surface area (Å²) < 4.78 is 6.32. The molecule has 0 saturated carbocycles. The first-order valence-corrected chi connectivity index (χ1v) is 8.72. The molecule has 1 fully saturated rings. The number of hydrogen-bond donors (Lipinski definition) is 2. The van der Waals surface area contributed by atoms with Crippen molar-refractivity contribution < 1.29 is 14.6 Å². The van der Waals surface area contributed by atoms with Crippen LogP contribution in [0.1, 0.15) is 25.3 Å². The molecule has 1 aromatic carbocycles. The number of hydrogen-bond acceptors (Lipinski definition) is 4. The van der Waals surface area contributed by atoms with E-state index in [0.29, 0.717) is 39.0 Å². The van der Waals surface area contributed by atoms with E-state index in [4.69, 9.17) is 4.74 Å². The van der Waals surface area contributed by atoms with Gasteiger partial charge in [-0.05, 0) is 50.4 Å². The number of esters is 1. The number of carbonyl (C=O) groups excluding carboxylic acids is 1. The molecule has 0 aliphatic carbocycles. The number of benzene rings is 1.